The molecule has 2 aromatic rings. The van der Waals surface area contributed by atoms with Crippen molar-refractivity contribution < 1.29 is 14.3 Å². The molecule has 0 spiro atoms. The molecule has 0 aliphatic carbocycles. The molecule has 1 aliphatic rings. The summed E-state index contributed by atoms with van der Waals surface area (Å²) in [5.74, 6) is 1.05. The van der Waals surface area contributed by atoms with Gasteiger partial charge in [-0.1, -0.05) is 59.8 Å². The number of nitrogens with zero attached hydrogens (tertiary/aromatic N) is 1. The summed E-state index contributed by atoms with van der Waals surface area (Å²) in [4.78, 5) is 14.3. The Balaban J connectivity index is 1.90. The van der Waals surface area contributed by atoms with E-state index in [1.165, 1.54) is 16.7 Å². The molecule has 0 unspecified atom stereocenters. The van der Waals surface area contributed by atoms with Gasteiger partial charge < -0.3 is 9.47 Å². The molecule has 3 rings (SSSR count). The molecule has 1 fully saturated rings. The molecular formula is C19H16ClNO3S2. The van der Waals surface area contributed by atoms with Crippen molar-refractivity contribution in [2.45, 2.75) is 6.61 Å². The summed E-state index contributed by atoms with van der Waals surface area (Å²) in [5, 5.41) is 0.674. The van der Waals surface area contributed by atoms with Crippen molar-refractivity contribution in [2.75, 3.05) is 14.2 Å². The van der Waals surface area contributed by atoms with Gasteiger partial charge in [0.15, 0.2) is 11.5 Å². The molecule has 0 aromatic heterocycles. The van der Waals surface area contributed by atoms with Crippen LogP contribution in [0, 0.1) is 0 Å². The Morgan fingerprint density at radius 2 is 1.96 bits per heavy atom. The standard InChI is InChI=1S/C19H16ClNO3S2/c1-21-18(22)16(26-19(21)25)10-13-4-3-5-15(23-2)17(13)24-11-12-6-8-14(20)9-7-12/h3-10H,11H2,1-2H3/b16-10-. The minimum Gasteiger partial charge on any atom is -0.493 e. The number of amides is 1. The van der Waals surface area contributed by atoms with E-state index in [9.17, 15) is 4.79 Å². The predicted molar refractivity (Wildman–Crippen MR) is 110 cm³/mol. The van der Waals surface area contributed by atoms with Crippen molar-refractivity contribution >= 4 is 51.9 Å². The predicted octanol–water partition coefficient (Wildman–Crippen LogP) is 4.76. The monoisotopic (exact) mass is 405 g/mol. The zero-order valence-electron chi connectivity index (χ0n) is 14.2. The molecule has 0 bridgehead atoms. The molecule has 1 heterocycles. The Labute approximate surface area is 166 Å². The first-order chi connectivity index (χ1) is 12.5. The number of benzene rings is 2. The van der Waals surface area contributed by atoms with Crippen molar-refractivity contribution in [3.05, 3.63) is 63.5 Å². The number of thiocarbonyl (C=S) groups is 1. The summed E-state index contributed by atoms with van der Waals surface area (Å²) in [7, 11) is 3.25. The lowest BCUT2D eigenvalue weighted by atomic mass is 10.1. The van der Waals surface area contributed by atoms with Crippen LogP contribution >= 0.6 is 35.6 Å². The summed E-state index contributed by atoms with van der Waals surface area (Å²) in [5.41, 5.74) is 1.73. The molecule has 7 heteroatoms. The second-order valence-corrected chi connectivity index (χ2v) is 7.65. The third kappa shape index (κ3) is 4.03. The van der Waals surface area contributed by atoms with E-state index in [1.54, 1.807) is 20.2 Å². The first-order valence-electron chi connectivity index (χ1n) is 7.75. The van der Waals surface area contributed by atoms with Gasteiger partial charge in [0, 0.05) is 17.6 Å². The Kier molecular flexibility index (Phi) is 5.86. The number of likely N-dealkylation sites (N-methyl/N-ethyl adjacent to an activating group) is 1. The normalized spacial score (nSPS) is 15.7. The molecule has 134 valence electrons. The van der Waals surface area contributed by atoms with E-state index in [4.69, 9.17) is 33.3 Å². The average Bonchev–Trinajstić information content (AvgIpc) is 2.88. The van der Waals surface area contributed by atoms with Crippen molar-refractivity contribution in [3.8, 4) is 11.5 Å². The fourth-order valence-corrected chi connectivity index (χ4v) is 3.68. The lowest BCUT2D eigenvalue weighted by molar-refractivity contribution is -0.121. The topological polar surface area (TPSA) is 38.8 Å². The molecule has 0 radical (unpaired) electrons. The maximum atomic E-state index is 12.3. The van der Waals surface area contributed by atoms with E-state index in [0.29, 0.717) is 32.4 Å². The molecule has 4 nitrogen and oxygen atoms in total. The lowest BCUT2D eigenvalue weighted by Gasteiger charge is -2.14. The van der Waals surface area contributed by atoms with E-state index in [2.05, 4.69) is 0 Å². The maximum Gasteiger partial charge on any atom is 0.265 e. The highest BCUT2D eigenvalue weighted by molar-refractivity contribution is 8.26. The lowest BCUT2D eigenvalue weighted by Crippen LogP contribution is -2.22. The van der Waals surface area contributed by atoms with Crippen LogP contribution in [0.2, 0.25) is 5.02 Å². The molecule has 1 amide bonds. The van der Waals surface area contributed by atoms with Gasteiger partial charge in [0.05, 0.1) is 12.0 Å². The molecule has 26 heavy (non-hydrogen) atoms. The number of carbonyl (C=O) groups excluding carboxylic acids is 1. The van der Waals surface area contributed by atoms with Crippen LogP contribution < -0.4 is 9.47 Å². The minimum absolute atomic E-state index is 0.119. The van der Waals surface area contributed by atoms with Gasteiger partial charge in [0.25, 0.3) is 5.91 Å². The van der Waals surface area contributed by atoms with E-state index in [-0.39, 0.29) is 5.91 Å². The van der Waals surface area contributed by atoms with Crippen LogP contribution in [0.15, 0.2) is 47.4 Å². The number of thioether (sulfide) groups is 1. The smallest absolute Gasteiger partial charge is 0.265 e. The molecule has 1 aliphatic heterocycles. The third-order valence-corrected chi connectivity index (χ3v) is 5.54. The summed E-state index contributed by atoms with van der Waals surface area (Å²) in [6, 6.07) is 13.0. The number of rotatable bonds is 5. The van der Waals surface area contributed by atoms with Crippen LogP contribution in [-0.2, 0) is 11.4 Å². The molecule has 1 saturated heterocycles. The number of ether oxygens (including phenoxy) is 2. The number of hydrogen-bond acceptors (Lipinski definition) is 5. The molecule has 0 atom stereocenters. The van der Waals surface area contributed by atoms with Gasteiger partial charge in [0.2, 0.25) is 0 Å². The van der Waals surface area contributed by atoms with Gasteiger partial charge in [-0.15, -0.1) is 0 Å². The van der Waals surface area contributed by atoms with E-state index in [0.717, 1.165) is 11.1 Å². The zero-order chi connectivity index (χ0) is 18.7. The SMILES string of the molecule is COc1cccc(/C=C2\SC(=S)N(C)C2=O)c1OCc1ccc(Cl)cc1. The average molecular weight is 406 g/mol. The fraction of sp³-hybridized carbons (Fsp3) is 0.158. The quantitative estimate of drug-likeness (QED) is 0.529. The van der Waals surface area contributed by atoms with Crippen molar-refractivity contribution in [1.29, 1.82) is 0 Å². The number of halogens is 1. The van der Waals surface area contributed by atoms with Gasteiger partial charge in [0.1, 0.15) is 10.9 Å². The second kappa shape index (κ2) is 8.12. The number of para-hydroxylation sites is 1. The minimum atomic E-state index is -0.119. The van der Waals surface area contributed by atoms with Crippen molar-refractivity contribution in [3.63, 3.8) is 0 Å². The highest BCUT2D eigenvalue weighted by atomic mass is 35.5. The first kappa shape index (κ1) is 18.8. The van der Waals surface area contributed by atoms with Crippen LogP contribution in [0.25, 0.3) is 6.08 Å². The van der Waals surface area contributed by atoms with Gasteiger partial charge in [-0.3, -0.25) is 9.69 Å². The van der Waals surface area contributed by atoms with E-state index in [1.807, 2.05) is 42.5 Å². The van der Waals surface area contributed by atoms with Crippen LogP contribution in [0.1, 0.15) is 11.1 Å². The largest absolute Gasteiger partial charge is 0.493 e. The highest BCUT2D eigenvalue weighted by Crippen LogP contribution is 2.37. The molecule has 0 saturated carbocycles. The Morgan fingerprint density at radius 1 is 1.23 bits per heavy atom. The Morgan fingerprint density at radius 3 is 2.58 bits per heavy atom. The van der Waals surface area contributed by atoms with Crippen molar-refractivity contribution in [1.82, 2.24) is 4.90 Å². The van der Waals surface area contributed by atoms with Crippen LogP contribution in [0.3, 0.4) is 0 Å². The highest BCUT2D eigenvalue weighted by Gasteiger charge is 2.29. The van der Waals surface area contributed by atoms with Gasteiger partial charge in [-0.2, -0.15) is 0 Å². The van der Waals surface area contributed by atoms with Crippen molar-refractivity contribution in [2.24, 2.45) is 0 Å². The van der Waals surface area contributed by atoms with Gasteiger partial charge >= 0.3 is 0 Å². The van der Waals surface area contributed by atoms with Crippen LogP contribution in [-0.4, -0.2) is 29.3 Å². The summed E-state index contributed by atoms with van der Waals surface area (Å²) >= 11 is 12.4. The molecular weight excluding hydrogens is 390 g/mol. The number of carbonyl (C=O) groups is 1. The van der Waals surface area contributed by atoms with Crippen LogP contribution in [0.4, 0.5) is 0 Å². The molecule has 0 N–H and O–H groups in total. The van der Waals surface area contributed by atoms with Gasteiger partial charge in [-0.05, 0) is 29.8 Å². The Bertz CT molecular complexity index is 881. The summed E-state index contributed by atoms with van der Waals surface area (Å²) in [6.45, 7) is 0.354. The van der Waals surface area contributed by atoms with Crippen LogP contribution in [0.5, 0.6) is 11.5 Å². The summed E-state index contributed by atoms with van der Waals surface area (Å²) in [6.07, 6.45) is 1.78. The fourth-order valence-electron chi connectivity index (χ4n) is 2.38. The zero-order valence-corrected chi connectivity index (χ0v) is 16.6. The third-order valence-electron chi connectivity index (χ3n) is 3.80. The van der Waals surface area contributed by atoms with Gasteiger partial charge in [-0.25, -0.2) is 0 Å². The second-order valence-electron chi connectivity index (χ2n) is 5.53. The van der Waals surface area contributed by atoms with E-state index < -0.39 is 0 Å². The number of methoxy groups -OCH3 is 1. The Hall–Kier alpha value is -2.02. The maximum absolute atomic E-state index is 12.3. The first-order valence-corrected chi connectivity index (χ1v) is 9.35. The number of hydrogen-bond donors (Lipinski definition) is 0. The summed E-state index contributed by atoms with van der Waals surface area (Å²) < 4.78 is 12.0. The molecule has 2 aromatic carbocycles. The van der Waals surface area contributed by atoms with E-state index >= 15 is 0 Å².